The zero-order chi connectivity index (χ0) is 17.9. The van der Waals surface area contributed by atoms with Gasteiger partial charge in [0.2, 0.25) is 10.0 Å². The standard InChI is InChI=1S/C18H19NO5S/c1-14-7-8-16(25(21,22)19-9-11-23-12-10-19)13-17(14)18(20)24-15-5-3-2-4-6-15/h2-8,13H,9-12H2,1H3. The molecular weight excluding hydrogens is 342 g/mol. The molecule has 0 atom stereocenters. The molecule has 0 N–H and O–H groups in total. The monoisotopic (exact) mass is 361 g/mol. The molecule has 0 radical (unpaired) electrons. The Bertz CT molecular complexity index is 858. The van der Waals surface area contributed by atoms with Gasteiger partial charge in [0.25, 0.3) is 0 Å². The van der Waals surface area contributed by atoms with Crippen molar-refractivity contribution < 1.29 is 22.7 Å². The van der Waals surface area contributed by atoms with E-state index in [1.807, 2.05) is 6.07 Å². The number of rotatable bonds is 4. The van der Waals surface area contributed by atoms with Gasteiger partial charge in [-0.3, -0.25) is 0 Å². The second kappa shape index (κ2) is 7.35. The van der Waals surface area contributed by atoms with Gasteiger partial charge in [0.15, 0.2) is 0 Å². The number of morpholine rings is 1. The highest BCUT2D eigenvalue weighted by Crippen LogP contribution is 2.22. The van der Waals surface area contributed by atoms with Crippen LogP contribution < -0.4 is 4.74 Å². The Morgan fingerprint density at radius 3 is 2.44 bits per heavy atom. The summed E-state index contributed by atoms with van der Waals surface area (Å²) < 4.78 is 37.4. The Labute approximate surface area is 147 Å². The molecule has 0 saturated carbocycles. The van der Waals surface area contributed by atoms with Crippen molar-refractivity contribution in [1.29, 1.82) is 0 Å². The van der Waals surface area contributed by atoms with Crippen LogP contribution in [0.4, 0.5) is 0 Å². The van der Waals surface area contributed by atoms with Crippen LogP contribution >= 0.6 is 0 Å². The second-order valence-electron chi connectivity index (χ2n) is 5.70. The summed E-state index contributed by atoms with van der Waals surface area (Å²) in [5.41, 5.74) is 0.889. The van der Waals surface area contributed by atoms with Crippen LogP contribution in [0.3, 0.4) is 0 Å². The lowest BCUT2D eigenvalue weighted by Crippen LogP contribution is -2.40. The van der Waals surface area contributed by atoms with Crippen molar-refractivity contribution in [2.24, 2.45) is 0 Å². The van der Waals surface area contributed by atoms with Gasteiger partial charge in [-0.1, -0.05) is 24.3 Å². The van der Waals surface area contributed by atoms with Crippen LogP contribution in [0.5, 0.6) is 5.75 Å². The van der Waals surface area contributed by atoms with Gasteiger partial charge in [-0.15, -0.1) is 0 Å². The largest absolute Gasteiger partial charge is 0.423 e. The number of ether oxygens (including phenoxy) is 2. The van der Waals surface area contributed by atoms with Crippen LogP contribution in [0.2, 0.25) is 0 Å². The Morgan fingerprint density at radius 2 is 1.76 bits per heavy atom. The van der Waals surface area contributed by atoms with E-state index in [9.17, 15) is 13.2 Å². The molecule has 0 aromatic heterocycles. The number of carbonyl (C=O) groups excluding carboxylic acids is 1. The van der Waals surface area contributed by atoms with Crippen LogP contribution in [-0.4, -0.2) is 45.0 Å². The average Bonchev–Trinajstić information content (AvgIpc) is 2.63. The molecule has 7 heteroatoms. The topological polar surface area (TPSA) is 72.9 Å². The fraction of sp³-hybridized carbons (Fsp3) is 0.278. The summed E-state index contributed by atoms with van der Waals surface area (Å²) in [6.45, 7) is 3.09. The van der Waals surface area contributed by atoms with E-state index in [0.29, 0.717) is 37.6 Å². The molecule has 0 spiro atoms. The number of hydrogen-bond donors (Lipinski definition) is 0. The Kier molecular flexibility index (Phi) is 5.17. The fourth-order valence-electron chi connectivity index (χ4n) is 2.57. The minimum Gasteiger partial charge on any atom is -0.423 e. The second-order valence-corrected chi connectivity index (χ2v) is 7.63. The molecule has 2 aromatic rings. The molecule has 1 heterocycles. The first kappa shape index (κ1) is 17.6. The summed E-state index contributed by atoms with van der Waals surface area (Å²) in [7, 11) is -3.66. The third kappa shape index (κ3) is 3.89. The van der Waals surface area contributed by atoms with Crippen LogP contribution in [0.1, 0.15) is 15.9 Å². The van der Waals surface area contributed by atoms with Crippen molar-refractivity contribution in [3.63, 3.8) is 0 Å². The number of sulfonamides is 1. The van der Waals surface area contributed by atoms with E-state index in [1.54, 1.807) is 37.3 Å². The van der Waals surface area contributed by atoms with E-state index >= 15 is 0 Å². The SMILES string of the molecule is Cc1ccc(S(=O)(=O)N2CCOCC2)cc1C(=O)Oc1ccccc1. The first-order chi connectivity index (χ1) is 12.0. The van der Waals surface area contributed by atoms with Crippen molar-refractivity contribution >= 4 is 16.0 Å². The number of carbonyl (C=O) groups is 1. The van der Waals surface area contributed by atoms with E-state index in [0.717, 1.165) is 0 Å². The molecular formula is C18H19NO5S. The Morgan fingerprint density at radius 1 is 1.08 bits per heavy atom. The summed E-state index contributed by atoms with van der Waals surface area (Å²) in [6, 6.07) is 13.2. The molecule has 0 aliphatic carbocycles. The Hall–Kier alpha value is -2.22. The Balaban J connectivity index is 1.88. The smallest absolute Gasteiger partial charge is 0.343 e. The van der Waals surface area contributed by atoms with Crippen LogP contribution in [0.15, 0.2) is 53.4 Å². The number of hydrogen-bond acceptors (Lipinski definition) is 5. The highest BCUT2D eigenvalue weighted by Gasteiger charge is 2.27. The predicted molar refractivity (Wildman–Crippen MR) is 92.2 cm³/mol. The quantitative estimate of drug-likeness (QED) is 0.617. The fourth-order valence-corrected chi connectivity index (χ4v) is 4.00. The highest BCUT2D eigenvalue weighted by molar-refractivity contribution is 7.89. The molecule has 3 rings (SSSR count). The third-order valence-electron chi connectivity index (χ3n) is 3.99. The van der Waals surface area contributed by atoms with Gasteiger partial charge in [0.1, 0.15) is 5.75 Å². The number of esters is 1. The number of nitrogens with zero attached hydrogens (tertiary/aromatic N) is 1. The molecule has 6 nitrogen and oxygen atoms in total. The zero-order valence-corrected chi connectivity index (χ0v) is 14.7. The maximum Gasteiger partial charge on any atom is 0.343 e. The summed E-state index contributed by atoms with van der Waals surface area (Å²) >= 11 is 0. The third-order valence-corrected chi connectivity index (χ3v) is 5.89. The molecule has 1 aliphatic heterocycles. The summed E-state index contributed by atoms with van der Waals surface area (Å²) in [6.07, 6.45) is 0. The van der Waals surface area contributed by atoms with E-state index < -0.39 is 16.0 Å². The lowest BCUT2D eigenvalue weighted by molar-refractivity contribution is 0.0727. The van der Waals surface area contributed by atoms with E-state index in [-0.39, 0.29) is 10.5 Å². The van der Waals surface area contributed by atoms with Crippen molar-refractivity contribution in [2.45, 2.75) is 11.8 Å². The van der Waals surface area contributed by atoms with Crippen LogP contribution in [0.25, 0.3) is 0 Å². The summed E-state index contributed by atoms with van der Waals surface area (Å²) in [5.74, 6) is -0.170. The highest BCUT2D eigenvalue weighted by atomic mass is 32.2. The maximum atomic E-state index is 12.7. The lowest BCUT2D eigenvalue weighted by Gasteiger charge is -2.26. The molecule has 1 fully saturated rings. The average molecular weight is 361 g/mol. The summed E-state index contributed by atoms with van der Waals surface area (Å²) in [4.78, 5) is 12.5. The number of para-hydroxylation sites is 1. The van der Waals surface area contributed by atoms with Crippen molar-refractivity contribution in [1.82, 2.24) is 4.31 Å². The van der Waals surface area contributed by atoms with Gasteiger partial charge in [0, 0.05) is 13.1 Å². The molecule has 0 unspecified atom stereocenters. The molecule has 132 valence electrons. The van der Waals surface area contributed by atoms with E-state index in [2.05, 4.69) is 0 Å². The van der Waals surface area contributed by atoms with Crippen molar-refractivity contribution in [3.05, 3.63) is 59.7 Å². The molecule has 1 aliphatic rings. The minimum absolute atomic E-state index is 0.0833. The number of benzene rings is 2. The van der Waals surface area contributed by atoms with Crippen LogP contribution in [0, 0.1) is 6.92 Å². The first-order valence-corrected chi connectivity index (χ1v) is 9.38. The van der Waals surface area contributed by atoms with Crippen molar-refractivity contribution in [3.8, 4) is 5.75 Å². The van der Waals surface area contributed by atoms with Gasteiger partial charge in [-0.25, -0.2) is 13.2 Å². The normalized spacial score (nSPS) is 15.7. The first-order valence-electron chi connectivity index (χ1n) is 7.94. The lowest BCUT2D eigenvalue weighted by atomic mass is 10.1. The zero-order valence-electron chi connectivity index (χ0n) is 13.8. The number of aryl methyl sites for hydroxylation is 1. The molecule has 0 bridgehead atoms. The van der Waals surface area contributed by atoms with Crippen molar-refractivity contribution in [2.75, 3.05) is 26.3 Å². The van der Waals surface area contributed by atoms with Gasteiger partial charge in [0.05, 0.1) is 23.7 Å². The molecule has 1 saturated heterocycles. The van der Waals surface area contributed by atoms with E-state index in [4.69, 9.17) is 9.47 Å². The van der Waals surface area contributed by atoms with Crippen LogP contribution in [-0.2, 0) is 14.8 Å². The minimum atomic E-state index is -3.66. The summed E-state index contributed by atoms with van der Waals surface area (Å²) in [5, 5.41) is 0. The van der Waals surface area contributed by atoms with Gasteiger partial charge in [-0.05, 0) is 36.8 Å². The van der Waals surface area contributed by atoms with Gasteiger partial charge < -0.3 is 9.47 Å². The molecule has 2 aromatic carbocycles. The van der Waals surface area contributed by atoms with Gasteiger partial charge in [-0.2, -0.15) is 4.31 Å². The molecule has 0 amide bonds. The van der Waals surface area contributed by atoms with Gasteiger partial charge >= 0.3 is 5.97 Å². The maximum absolute atomic E-state index is 12.7. The van der Waals surface area contributed by atoms with E-state index in [1.165, 1.54) is 16.4 Å². The molecule has 25 heavy (non-hydrogen) atoms. The predicted octanol–water partition coefficient (Wildman–Crippen LogP) is 2.24.